The maximum Gasteiger partial charge on any atom is 0.314 e. The smallest absolute Gasteiger partial charge is 0.314 e. The van der Waals surface area contributed by atoms with Crippen molar-refractivity contribution < 1.29 is 14.3 Å². The third-order valence-electron chi connectivity index (χ3n) is 5.47. The predicted octanol–water partition coefficient (Wildman–Crippen LogP) is 2.02. The quantitative estimate of drug-likeness (QED) is 0.880. The SMILES string of the molecule is CNC(=O)NC[C@@H]1CCC2(CCN(C(=O)c3ccccc3)CC2)CO1. The van der Waals surface area contributed by atoms with Gasteiger partial charge in [0.2, 0.25) is 0 Å². The van der Waals surface area contributed by atoms with Crippen molar-refractivity contribution in [1.29, 1.82) is 0 Å². The highest BCUT2D eigenvalue weighted by Gasteiger charge is 2.39. The predicted molar refractivity (Wildman–Crippen MR) is 95.4 cm³/mol. The van der Waals surface area contributed by atoms with Crippen LogP contribution < -0.4 is 10.6 Å². The Balaban J connectivity index is 1.46. The first-order valence-electron chi connectivity index (χ1n) is 9.03. The van der Waals surface area contributed by atoms with Crippen molar-refractivity contribution >= 4 is 11.9 Å². The molecule has 1 spiro atoms. The largest absolute Gasteiger partial charge is 0.376 e. The molecular weight excluding hydrogens is 318 g/mol. The van der Waals surface area contributed by atoms with Crippen LogP contribution in [0.25, 0.3) is 0 Å². The first-order valence-corrected chi connectivity index (χ1v) is 9.03. The van der Waals surface area contributed by atoms with Crippen LogP contribution in [0.3, 0.4) is 0 Å². The number of piperidine rings is 1. The van der Waals surface area contributed by atoms with E-state index >= 15 is 0 Å². The zero-order valence-corrected chi connectivity index (χ0v) is 14.8. The summed E-state index contributed by atoms with van der Waals surface area (Å²) in [6, 6.07) is 9.32. The van der Waals surface area contributed by atoms with Gasteiger partial charge in [-0.1, -0.05) is 18.2 Å². The highest BCUT2D eigenvalue weighted by Crippen LogP contribution is 2.40. The van der Waals surface area contributed by atoms with Gasteiger partial charge in [0, 0.05) is 32.2 Å². The minimum atomic E-state index is -0.170. The standard InChI is InChI=1S/C19H27N3O3/c1-20-18(24)21-13-16-7-8-19(14-25-16)9-11-22(12-10-19)17(23)15-5-3-2-4-6-15/h2-6,16H,7-14H2,1H3,(H2,20,21,24)/t16-/m0/s1. The summed E-state index contributed by atoms with van der Waals surface area (Å²) in [6.07, 6.45) is 4.12. The normalized spacial score (nSPS) is 22.4. The van der Waals surface area contributed by atoms with Crippen LogP contribution in [0.1, 0.15) is 36.0 Å². The molecule has 25 heavy (non-hydrogen) atoms. The Hall–Kier alpha value is -2.08. The highest BCUT2D eigenvalue weighted by molar-refractivity contribution is 5.94. The number of ether oxygens (including phenoxy) is 1. The van der Waals surface area contributed by atoms with Gasteiger partial charge in [-0.05, 0) is 43.2 Å². The monoisotopic (exact) mass is 345 g/mol. The van der Waals surface area contributed by atoms with Crippen LogP contribution in [0.2, 0.25) is 0 Å². The van der Waals surface area contributed by atoms with E-state index in [0.29, 0.717) is 6.54 Å². The lowest BCUT2D eigenvalue weighted by molar-refractivity contribution is -0.0807. The summed E-state index contributed by atoms with van der Waals surface area (Å²) in [6.45, 7) is 2.85. The highest BCUT2D eigenvalue weighted by atomic mass is 16.5. The van der Waals surface area contributed by atoms with Crippen molar-refractivity contribution in [2.75, 3.05) is 33.3 Å². The molecule has 2 saturated heterocycles. The number of hydrogen-bond acceptors (Lipinski definition) is 3. The molecule has 2 aliphatic heterocycles. The van der Waals surface area contributed by atoms with E-state index < -0.39 is 0 Å². The Morgan fingerprint density at radius 3 is 2.52 bits per heavy atom. The van der Waals surface area contributed by atoms with E-state index in [-0.39, 0.29) is 23.5 Å². The van der Waals surface area contributed by atoms with Crippen molar-refractivity contribution in [2.24, 2.45) is 5.41 Å². The second-order valence-corrected chi connectivity index (χ2v) is 7.09. The first kappa shape index (κ1) is 17.7. The summed E-state index contributed by atoms with van der Waals surface area (Å²) in [7, 11) is 1.61. The molecule has 3 amide bonds. The summed E-state index contributed by atoms with van der Waals surface area (Å²) < 4.78 is 6.00. The lowest BCUT2D eigenvalue weighted by Crippen LogP contribution is -2.49. The van der Waals surface area contributed by atoms with Crippen molar-refractivity contribution in [3.05, 3.63) is 35.9 Å². The third-order valence-corrected chi connectivity index (χ3v) is 5.47. The van der Waals surface area contributed by atoms with E-state index in [4.69, 9.17) is 4.74 Å². The van der Waals surface area contributed by atoms with Gasteiger partial charge in [0.15, 0.2) is 0 Å². The zero-order chi connectivity index (χ0) is 17.7. The number of urea groups is 1. The number of nitrogens with one attached hydrogen (secondary N) is 2. The van der Waals surface area contributed by atoms with Gasteiger partial charge in [0.25, 0.3) is 5.91 Å². The molecule has 2 aliphatic rings. The summed E-state index contributed by atoms with van der Waals surface area (Å²) in [4.78, 5) is 25.8. The molecule has 0 radical (unpaired) electrons. The van der Waals surface area contributed by atoms with Crippen LogP contribution in [-0.2, 0) is 4.74 Å². The number of carbonyl (C=O) groups excluding carboxylic acids is 2. The minimum Gasteiger partial charge on any atom is -0.376 e. The number of carbonyl (C=O) groups is 2. The van der Waals surface area contributed by atoms with Crippen LogP contribution in [0, 0.1) is 5.41 Å². The van der Waals surface area contributed by atoms with Crippen LogP contribution in [0.4, 0.5) is 4.79 Å². The minimum absolute atomic E-state index is 0.0897. The van der Waals surface area contributed by atoms with Crippen LogP contribution in [0.15, 0.2) is 30.3 Å². The Kier molecular flexibility index (Phi) is 5.58. The van der Waals surface area contributed by atoms with Gasteiger partial charge < -0.3 is 20.3 Å². The Bertz CT molecular complexity index is 587. The molecule has 0 saturated carbocycles. The van der Waals surface area contributed by atoms with Crippen LogP contribution >= 0.6 is 0 Å². The zero-order valence-electron chi connectivity index (χ0n) is 14.8. The lowest BCUT2D eigenvalue weighted by atomic mass is 9.73. The topological polar surface area (TPSA) is 70.7 Å². The molecule has 6 nitrogen and oxygen atoms in total. The first-order chi connectivity index (χ1) is 12.1. The molecule has 2 heterocycles. The molecule has 0 unspecified atom stereocenters. The number of nitrogens with zero attached hydrogens (tertiary/aromatic N) is 1. The maximum atomic E-state index is 12.5. The Morgan fingerprint density at radius 2 is 1.92 bits per heavy atom. The molecule has 1 aromatic rings. The van der Waals surface area contributed by atoms with E-state index in [1.54, 1.807) is 7.05 Å². The van der Waals surface area contributed by atoms with Crippen LogP contribution in [0.5, 0.6) is 0 Å². The average Bonchev–Trinajstić information content (AvgIpc) is 2.68. The van der Waals surface area contributed by atoms with Gasteiger partial charge in [-0.25, -0.2) is 4.79 Å². The Labute approximate surface area is 148 Å². The molecule has 3 rings (SSSR count). The Morgan fingerprint density at radius 1 is 1.20 bits per heavy atom. The van der Waals surface area contributed by atoms with Gasteiger partial charge >= 0.3 is 6.03 Å². The van der Waals surface area contributed by atoms with Gasteiger partial charge in [0.05, 0.1) is 12.7 Å². The molecule has 0 bridgehead atoms. The van der Waals surface area contributed by atoms with E-state index in [1.807, 2.05) is 35.2 Å². The fraction of sp³-hybridized carbons (Fsp3) is 0.579. The molecule has 0 aliphatic carbocycles. The molecular formula is C19H27N3O3. The molecule has 136 valence electrons. The number of hydrogen-bond donors (Lipinski definition) is 2. The lowest BCUT2D eigenvalue weighted by Gasteiger charge is -2.45. The van der Waals surface area contributed by atoms with Crippen molar-refractivity contribution in [3.8, 4) is 0 Å². The van der Waals surface area contributed by atoms with Gasteiger partial charge in [-0.2, -0.15) is 0 Å². The summed E-state index contributed by atoms with van der Waals surface area (Å²) in [5.41, 5.74) is 0.954. The number of amides is 3. The van der Waals surface area contributed by atoms with E-state index in [1.165, 1.54) is 0 Å². The number of benzene rings is 1. The molecule has 2 N–H and O–H groups in total. The maximum absolute atomic E-state index is 12.5. The summed E-state index contributed by atoms with van der Waals surface area (Å²) in [5.74, 6) is 0.125. The molecule has 0 aromatic heterocycles. The third kappa shape index (κ3) is 4.31. The number of likely N-dealkylation sites (tertiary alicyclic amines) is 1. The van der Waals surface area contributed by atoms with E-state index in [9.17, 15) is 9.59 Å². The van der Waals surface area contributed by atoms with E-state index in [2.05, 4.69) is 10.6 Å². The second kappa shape index (κ2) is 7.87. The number of rotatable bonds is 3. The van der Waals surface area contributed by atoms with Gasteiger partial charge in [0.1, 0.15) is 0 Å². The second-order valence-electron chi connectivity index (χ2n) is 7.09. The van der Waals surface area contributed by atoms with Gasteiger partial charge in [-0.3, -0.25) is 4.79 Å². The molecule has 2 fully saturated rings. The summed E-state index contributed by atoms with van der Waals surface area (Å²) in [5, 5.41) is 5.35. The summed E-state index contributed by atoms with van der Waals surface area (Å²) >= 11 is 0. The van der Waals surface area contributed by atoms with Gasteiger partial charge in [-0.15, -0.1) is 0 Å². The van der Waals surface area contributed by atoms with Crippen molar-refractivity contribution in [2.45, 2.75) is 31.8 Å². The average molecular weight is 345 g/mol. The van der Waals surface area contributed by atoms with Crippen molar-refractivity contribution in [3.63, 3.8) is 0 Å². The van der Waals surface area contributed by atoms with Crippen molar-refractivity contribution in [1.82, 2.24) is 15.5 Å². The fourth-order valence-electron chi connectivity index (χ4n) is 3.72. The van der Waals surface area contributed by atoms with E-state index in [0.717, 1.165) is 50.9 Å². The fourth-order valence-corrected chi connectivity index (χ4v) is 3.72. The molecule has 1 aromatic carbocycles. The molecule has 6 heteroatoms. The molecule has 1 atom stereocenters. The van der Waals surface area contributed by atoms with Crippen LogP contribution in [-0.4, -0.2) is 56.2 Å².